The largest absolute Gasteiger partial charge is 0.344 e. The minimum Gasteiger partial charge on any atom is -0.344 e. The SMILES string of the molecule is CCS(=O)(=O)c1ccc([C@@H](C)NC(=O)c2cscn2)cc1. The smallest absolute Gasteiger partial charge is 0.271 e. The molecule has 1 atom stereocenters. The summed E-state index contributed by atoms with van der Waals surface area (Å²) < 4.78 is 23.5. The fraction of sp³-hybridized carbons (Fsp3) is 0.286. The first-order chi connectivity index (χ1) is 9.94. The van der Waals surface area contributed by atoms with Crippen LogP contribution in [-0.4, -0.2) is 25.1 Å². The van der Waals surface area contributed by atoms with Crippen LogP contribution in [0.25, 0.3) is 0 Å². The van der Waals surface area contributed by atoms with Crippen LogP contribution < -0.4 is 5.32 Å². The van der Waals surface area contributed by atoms with E-state index in [1.807, 2.05) is 6.92 Å². The highest BCUT2D eigenvalue weighted by molar-refractivity contribution is 7.91. The quantitative estimate of drug-likeness (QED) is 0.916. The topological polar surface area (TPSA) is 76.1 Å². The summed E-state index contributed by atoms with van der Waals surface area (Å²) in [6, 6.07) is 6.35. The zero-order chi connectivity index (χ0) is 15.5. The Kier molecular flexibility index (Phi) is 4.74. The fourth-order valence-electron chi connectivity index (χ4n) is 1.81. The van der Waals surface area contributed by atoms with Gasteiger partial charge in [-0.25, -0.2) is 13.4 Å². The second-order valence-electron chi connectivity index (χ2n) is 4.54. The fourth-order valence-corrected chi connectivity index (χ4v) is 3.23. The Morgan fingerprint density at radius 1 is 1.33 bits per heavy atom. The summed E-state index contributed by atoms with van der Waals surface area (Å²) in [6.07, 6.45) is 0. The molecule has 1 aromatic heterocycles. The van der Waals surface area contributed by atoms with Crippen LogP contribution >= 0.6 is 11.3 Å². The summed E-state index contributed by atoms with van der Waals surface area (Å²) in [5.74, 6) is -0.170. The molecule has 1 N–H and O–H groups in total. The number of carbonyl (C=O) groups excluding carboxylic acids is 1. The normalized spacial score (nSPS) is 12.9. The molecule has 0 spiro atoms. The summed E-state index contributed by atoms with van der Waals surface area (Å²) in [5.41, 5.74) is 2.83. The Bertz CT molecular complexity index is 707. The van der Waals surface area contributed by atoms with Crippen molar-refractivity contribution >= 4 is 27.1 Å². The lowest BCUT2D eigenvalue weighted by molar-refractivity contribution is 0.0935. The second kappa shape index (κ2) is 6.36. The van der Waals surface area contributed by atoms with Gasteiger partial charge in [-0.15, -0.1) is 11.3 Å². The third-order valence-electron chi connectivity index (χ3n) is 3.13. The minimum atomic E-state index is -3.20. The molecule has 21 heavy (non-hydrogen) atoms. The minimum absolute atomic E-state index is 0.0719. The molecule has 0 saturated heterocycles. The Morgan fingerprint density at radius 3 is 2.52 bits per heavy atom. The molecule has 0 radical (unpaired) electrons. The Balaban J connectivity index is 2.10. The number of amides is 1. The van der Waals surface area contributed by atoms with Gasteiger partial charge in [-0.2, -0.15) is 0 Å². The maximum Gasteiger partial charge on any atom is 0.271 e. The zero-order valence-electron chi connectivity index (χ0n) is 11.7. The van der Waals surface area contributed by atoms with Crippen LogP contribution in [0, 0.1) is 0 Å². The van der Waals surface area contributed by atoms with Crippen LogP contribution in [0.4, 0.5) is 0 Å². The van der Waals surface area contributed by atoms with Crippen LogP contribution in [0.15, 0.2) is 40.1 Å². The van der Waals surface area contributed by atoms with E-state index in [-0.39, 0.29) is 17.7 Å². The van der Waals surface area contributed by atoms with E-state index in [0.29, 0.717) is 10.6 Å². The molecule has 112 valence electrons. The number of hydrogen-bond donors (Lipinski definition) is 1. The van der Waals surface area contributed by atoms with Crippen LogP contribution in [0.3, 0.4) is 0 Å². The maximum absolute atomic E-state index is 11.9. The van der Waals surface area contributed by atoms with Gasteiger partial charge in [0.05, 0.1) is 22.2 Å². The molecule has 2 aromatic rings. The van der Waals surface area contributed by atoms with Crippen molar-refractivity contribution in [1.29, 1.82) is 0 Å². The first kappa shape index (κ1) is 15.7. The molecule has 0 aliphatic heterocycles. The van der Waals surface area contributed by atoms with Gasteiger partial charge in [-0.3, -0.25) is 4.79 Å². The lowest BCUT2D eigenvalue weighted by Gasteiger charge is -2.14. The van der Waals surface area contributed by atoms with E-state index in [1.54, 1.807) is 42.1 Å². The van der Waals surface area contributed by atoms with E-state index in [1.165, 1.54) is 11.3 Å². The third-order valence-corrected chi connectivity index (χ3v) is 5.47. The highest BCUT2D eigenvalue weighted by atomic mass is 32.2. The van der Waals surface area contributed by atoms with Crippen molar-refractivity contribution in [2.45, 2.75) is 24.8 Å². The van der Waals surface area contributed by atoms with Crippen molar-refractivity contribution < 1.29 is 13.2 Å². The van der Waals surface area contributed by atoms with E-state index < -0.39 is 9.84 Å². The molecule has 0 unspecified atom stereocenters. The van der Waals surface area contributed by atoms with Crippen molar-refractivity contribution in [3.05, 3.63) is 46.4 Å². The molecular formula is C14H16N2O3S2. The number of nitrogens with zero attached hydrogens (tertiary/aromatic N) is 1. The van der Waals surface area contributed by atoms with Gasteiger partial charge in [-0.05, 0) is 24.6 Å². The van der Waals surface area contributed by atoms with Gasteiger partial charge in [0.1, 0.15) is 5.69 Å². The molecule has 1 heterocycles. The van der Waals surface area contributed by atoms with Crippen molar-refractivity contribution in [3.8, 4) is 0 Å². The lowest BCUT2D eigenvalue weighted by atomic mass is 10.1. The van der Waals surface area contributed by atoms with Crippen LogP contribution in [0.1, 0.15) is 35.9 Å². The van der Waals surface area contributed by atoms with Gasteiger partial charge in [-0.1, -0.05) is 19.1 Å². The summed E-state index contributed by atoms with van der Waals surface area (Å²) in [4.78, 5) is 16.1. The number of benzene rings is 1. The van der Waals surface area contributed by atoms with E-state index in [0.717, 1.165) is 5.56 Å². The predicted molar refractivity (Wildman–Crippen MR) is 82.2 cm³/mol. The Morgan fingerprint density at radius 2 is 2.00 bits per heavy atom. The molecule has 0 aliphatic rings. The molecule has 0 aliphatic carbocycles. The lowest BCUT2D eigenvalue weighted by Crippen LogP contribution is -2.26. The van der Waals surface area contributed by atoms with Crippen molar-refractivity contribution in [1.82, 2.24) is 10.3 Å². The molecule has 7 heteroatoms. The number of hydrogen-bond acceptors (Lipinski definition) is 5. The average Bonchev–Trinajstić information content (AvgIpc) is 3.01. The van der Waals surface area contributed by atoms with Gasteiger partial charge in [0, 0.05) is 5.38 Å². The highest BCUT2D eigenvalue weighted by Gasteiger charge is 2.15. The number of sulfone groups is 1. The van der Waals surface area contributed by atoms with Crippen LogP contribution in [0.2, 0.25) is 0 Å². The van der Waals surface area contributed by atoms with Gasteiger partial charge < -0.3 is 5.32 Å². The molecule has 1 amide bonds. The molecule has 1 aromatic carbocycles. The number of nitrogens with one attached hydrogen (secondary N) is 1. The molecule has 2 rings (SSSR count). The van der Waals surface area contributed by atoms with Crippen LogP contribution in [0.5, 0.6) is 0 Å². The number of rotatable bonds is 5. The summed E-state index contributed by atoms with van der Waals surface area (Å²) >= 11 is 1.36. The first-order valence-electron chi connectivity index (χ1n) is 6.46. The number of aromatic nitrogens is 1. The van der Waals surface area contributed by atoms with E-state index >= 15 is 0 Å². The molecule has 0 bridgehead atoms. The van der Waals surface area contributed by atoms with E-state index in [4.69, 9.17) is 0 Å². The third kappa shape index (κ3) is 3.68. The second-order valence-corrected chi connectivity index (χ2v) is 7.54. The average molecular weight is 324 g/mol. The van der Waals surface area contributed by atoms with E-state index in [2.05, 4.69) is 10.3 Å². The van der Waals surface area contributed by atoms with Crippen LogP contribution in [-0.2, 0) is 9.84 Å². The monoisotopic (exact) mass is 324 g/mol. The number of thiazole rings is 1. The molecule has 0 saturated carbocycles. The van der Waals surface area contributed by atoms with Gasteiger partial charge >= 0.3 is 0 Å². The highest BCUT2D eigenvalue weighted by Crippen LogP contribution is 2.17. The summed E-state index contributed by atoms with van der Waals surface area (Å²) in [5, 5.41) is 4.51. The molecule has 0 fully saturated rings. The van der Waals surface area contributed by atoms with Gasteiger partial charge in [0.2, 0.25) is 0 Å². The zero-order valence-corrected chi connectivity index (χ0v) is 13.4. The number of carbonyl (C=O) groups is 1. The van der Waals surface area contributed by atoms with Gasteiger partial charge in [0.15, 0.2) is 9.84 Å². The first-order valence-corrected chi connectivity index (χ1v) is 9.05. The standard InChI is InChI=1S/C14H16N2O3S2/c1-3-21(18,19)12-6-4-11(5-7-12)10(2)16-14(17)13-8-20-9-15-13/h4-10H,3H2,1-2H3,(H,16,17)/t10-/m1/s1. The van der Waals surface area contributed by atoms with Crippen molar-refractivity contribution in [2.24, 2.45) is 0 Å². The van der Waals surface area contributed by atoms with Crippen molar-refractivity contribution in [2.75, 3.05) is 5.75 Å². The maximum atomic E-state index is 11.9. The summed E-state index contributed by atoms with van der Waals surface area (Å²) in [6.45, 7) is 3.45. The molecular weight excluding hydrogens is 308 g/mol. The Labute approximate surface area is 128 Å². The van der Waals surface area contributed by atoms with Crippen molar-refractivity contribution in [3.63, 3.8) is 0 Å². The predicted octanol–water partition coefficient (Wildman–Crippen LogP) is 2.43. The Hall–Kier alpha value is -1.73. The van der Waals surface area contributed by atoms with Gasteiger partial charge in [0.25, 0.3) is 5.91 Å². The molecule has 5 nitrogen and oxygen atoms in total. The van der Waals surface area contributed by atoms with E-state index in [9.17, 15) is 13.2 Å². The summed E-state index contributed by atoms with van der Waals surface area (Å²) in [7, 11) is -3.20.